The molecule has 0 aliphatic carbocycles. The van der Waals surface area contributed by atoms with E-state index in [2.05, 4.69) is 39.5 Å². The van der Waals surface area contributed by atoms with Crippen molar-refractivity contribution in [3.8, 4) is 0 Å². The predicted octanol–water partition coefficient (Wildman–Crippen LogP) is 3.77. The van der Waals surface area contributed by atoms with Crippen molar-refractivity contribution in [3.05, 3.63) is 36.0 Å². The van der Waals surface area contributed by atoms with Gasteiger partial charge in [-0.3, -0.25) is 4.79 Å². The Hall–Kier alpha value is -2.26. The molecule has 3 aromatic rings. The molecule has 2 aromatic heterocycles. The molecule has 0 radical (unpaired) electrons. The van der Waals surface area contributed by atoms with Gasteiger partial charge in [0.05, 0.1) is 23.7 Å². The van der Waals surface area contributed by atoms with E-state index in [0.29, 0.717) is 29.7 Å². The predicted molar refractivity (Wildman–Crippen MR) is 121 cm³/mol. The molecule has 9 heteroatoms. The Morgan fingerprint density at radius 1 is 1.17 bits per heavy atom. The Morgan fingerprint density at radius 3 is 2.69 bits per heavy atom. The molecule has 29 heavy (non-hydrogen) atoms. The molecule has 0 spiro atoms. The highest BCUT2D eigenvalue weighted by molar-refractivity contribution is 7.98. The van der Waals surface area contributed by atoms with Crippen molar-refractivity contribution in [2.45, 2.75) is 30.4 Å². The molecule has 2 N–H and O–H groups in total. The SMILES string of the molecule is CSc1nc(NCC(C)C)c2cnn(CCNC(=O)c3ccccc3SC)c2n1. The van der Waals surface area contributed by atoms with Crippen molar-refractivity contribution in [1.29, 1.82) is 0 Å². The minimum absolute atomic E-state index is 0.0786. The van der Waals surface area contributed by atoms with Gasteiger partial charge in [0.15, 0.2) is 10.8 Å². The fourth-order valence-electron chi connectivity index (χ4n) is 2.83. The summed E-state index contributed by atoms with van der Waals surface area (Å²) in [6.07, 6.45) is 5.71. The third kappa shape index (κ3) is 5.22. The molecular weight excluding hydrogens is 404 g/mol. The average Bonchev–Trinajstić information content (AvgIpc) is 3.14. The molecule has 0 unspecified atom stereocenters. The zero-order chi connectivity index (χ0) is 20.8. The second-order valence-corrected chi connectivity index (χ2v) is 8.52. The van der Waals surface area contributed by atoms with Gasteiger partial charge in [-0.1, -0.05) is 37.7 Å². The Kier molecular flexibility index (Phi) is 7.38. The lowest BCUT2D eigenvalue weighted by Gasteiger charge is -2.11. The summed E-state index contributed by atoms with van der Waals surface area (Å²) in [5, 5.41) is 12.4. The van der Waals surface area contributed by atoms with E-state index in [9.17, 15) is 4.79 Å². The third-order valence-corrected chi connectivity index (χ3v) is 5.64. The number of aromatic nitrogens is 4. The van der Waals surface area contributed by atoms with Gasteiger partial charge in [-0.15, -0.1) is 11.8 Å². The molecule has 0 fully saturated rings. The highest BCUT2D eigenvalue weighted by Gasteiger charge is 2.14. The van der Waals surface area contributed by atoms with E-state index in [1.54, 1.807) is 18.0 Å². The molecule has 0 aliphatic rings. The summed E-state index contributed by atoms with van der Waals surface area (Å²) >= 11 is 3.06. The Bertz CT molecular complexity index is 988. The van der Waals surface area contributed by atoms with Gasteiger partial charge in [-0.2, -0.15) is 5.10 Å². The number of hydrogen-bond donors (Lipinski definition) is 2. The number of amides is 1. The fourth-order valence-corrected chi connectivity index (χ4v) is 3.78. The fraction of sp³-hybridized carbons (Fsp3) is 0.400. The minimum Gasteiger partial charge on any atom is -0.369 e. The van der Waals surface area contributed by atoms with Gasteiger partial charge >= 0.3 is 0 Å². The summed E-state index contributed by atoms with van der Waals surface area (Å²) < 4.78 is 1.82. The van der Waals surface area contributed by atoms with Crippen LogP contribution in [0.3, 0.4) is 0 Å². The number of fused-ring (bicyclic) bond motifs is 1. The van der Waals surface area contributed by atoms with E-state index >= 15 is 0 Å². The molecule has 0 aliphatic heterocycles. The van der Waals surface area contributed by atoms with E-state index in [0.717, 1.165) is 28.3 Å². The third-order valence-electron chi connectivity index (χ3n) is 4.30. The highest BCUT2D eigenvalue weighted by Crippen LogP contribution is 2.24. The first-order valence-corrected chi connectivity index (χ1v) is 11.9. The van der Waals surface area contributed by atoms with Crippen molar-refractivity contribution in [3.63, 3.8) is 0 Å². The second kappa shape index (κ2) is 9.98. The second-order valence-electron chi connectivity index (χ2n) is 6.89. The van der Waals surface area contributed by atoms with E-state index in [4.69, 9.17) is 0 Å². The lowest BCUT2D eigenvalue weighted by Crippen LogP contribution is -2.28. The summed E-state index contributed by atoms with van der Waals surface area (Å²) in [7, 11) is 0. The van der Waals surface area contributed by atoms with Crippen LogP contribution in [0.1, 0.15) is 24.2 Å². The minimum atomic E-state index is -0.0786. The van der Waals surface area contributed by atoms with Crippen LogP contribution in [0.2, 0.25) is 0 Å². The number of benzene rings is 1. The van der Waals surface area contributed by atoms with Crippen molar-refractivity contribution in [2.75, 3.05) is 30.9 Å². The maximum Gasteiger partial charge on any atom is 0.252 e. The maximum atomic E-state index is 12.5. The molecule has 2 heterocycles. The Balaban J connectivity index is 1.73. The normalized spacial score (nSPS) is 11.2. The molecule has 154 valence electrons. The summed E-state index contributed by atoms with van der Waals surface area (Å²) in [4.78, 5) is 22.7. The number of thioether (sulfide) groups is 2. The van der Waals surface area contributed by atoms with E-state index in [-0.39, 0.29) is 5.91 Å². The van der Waals surface area contributed by atoms with Gasteiger partial charge in [0.25, 0.3) is 5.91 Å². The Labute approximate surface area is 179 Å². The van der Waals surface area contributed by atoms with Gasteiger partial charge in [0.2, 0.25) is 0 Å². The van der Waals surface area contributed by atoms with Gasteiger partial charge in [0.1, 0.15) is 5.82 Å². The van der Waals surface area contributed by atoms with Crippen molar-refractivity contribution in [2.24, 2.45) is 5.92 Å². The molecular formula is C20H26N6OS2. The molecule has 1 amide bonds. The molecule has 0 atom stereocenters. The standard InChI is InChI=1S/C20H26N6OS2/c1-13(2)11-22-17-15-12-23-26(18(15)25-20(24-17)29-4)10-9-21-19(27)14-7-5-6-8-16(14)28-3/h5-8,12-13H,9-11H2,1-4H3,(H,21,27)(H,22,24,25). The zero-order valence-corrected chi connectivity index (χ0v) is 18.7. The van der Waals surface area contributed by atoms with Gasteiger partial charge in [-0.25, -0.2) is 14.6 Å². The largest absolute Gasteiger partial charge is 0.369 e. The molecule has 3 rings (SSSR count). The van der Waals surface area contributed by atoms with Crippen molar-refractivity contribution in [1.82, 2.24) is 25.1 Å². The number of anilines is 1. The Morgan fingerprint density at radius 2 is 1.97 bits per heavy atom. The van der Waals surface area contributed by atoms with Gasteiger partial charge in [0, 0.05) is 18.0 Å². The molecule has 0 bridgehead atoms. The van der Waals surface area contributed by atoms with Crippen molar-refractivity contribution < 1.29 is 4.79 Å². The van der Waals surface area contributed by atoms with Crippen LogP contribution in [0, 0.1) is 5.92 Å². The van der Waals surface area contributed by atoms with Crippen LogP contribution in [-0.4, -0.2) is 51.3 Å². The number of carbonyl (C=O) groups excluding carboxylic acids is 1. The zero-order valence-electron chi connectivity index (χ0n) is 17.1. The van der Waals surface area contributed by atoms with Crippen LogP contribution < -0.4 is 10.6 Å². The maximum absolute atomic E-state index is 12.5. The van der Waals surface area contributed by atoms with Crippen LogP contribution in [0.15, 0.2) is 40.5 Å². The van der Waals surface area contributed by atoms with Crippen LogP contribution in [-0.2, 0) is 6.54 Å². The highest BCUT2D eigenvalue weighted by atomic mass is 32.2. The first-order valence-electron chi connectivity index (χ1n) is 9.46. The number of carbonyl (C=O) groups is 1. The van der Waals surface area contributed by atoms with Crippen LogP contribution in [0.25, 0.3) is 11.0 Å². The van der Waals surface area contributed by atoms with E-state index in [1.165, 1.54) is 11.8 Å². The number of rotatable bonds is 9. The quantitative estimate of drug-likeness (QED) is 0.395. The average molecular weight is 431 g/mol. The monoisotopic (exact) mass is 430 g/mol. The summed E-state index contributed by atoms with van der Waals surface area (Å²) in [6, 6.07) is 7.61. The van der Waals surface area contributed by atoms with Gasteiger partial charge in [-0.05, 0) is 30.6 Å². The first kappa shape index (κ1) is 21.4. The van der Waals surface area contributed by atoms with E-state index < -0.39 is 0 Å². The molecule has 7 nitrogen and oxygen atoms in total. The lowest BCUT2D eigenvalue weighted by atomic mass is 10.2. The van der Waals surface area contributed by atoms with Crippen LogP contribution in [0.5, 0.6) is 0 Å². The summed E-state index contributed by atoms with van der Waals surface area (Å²) in [5.74, 6) is 1.23. The smallest absolute Gasteiger partial charge is 0.252 e. The van der Waals surface area contributed by atoms with Crippen molar-refractivity contribution >= 4 is 46.3 Å². The van der Waals surface area contributed by atoms with Crippen LogP contribution in [0.4, 0.5) is 5.82 Å². The topological polar surface area (TPSA) is 84.7 Å². The van der Waals surface area contributed by atoms with Crippen LogP contribution >= 0.6 is 23.5 Å². The number of nitrogens with one attached hydrogen (secondary N) is 2. The van der Waals surface area contributed by atoms with E-state index in [1.807, 2.05) is 41.5 Å². The number of nitrogens with zero attached hydrogens (tertiary/aromatic N) is 4. The summed E-state index contributed by atoms with van der Waals surface area (Å²) in [5.41, 5.74) is 1.46. The first-order chi connectivity index (χ1) is 14.0. The summed E-state index contributed by atoms with van der Waals surface area (Å²) in [6.45, 7) is 6.14. The number of hydrogen-bond acceptors (Lipinski definition) is 7. The molecule has 0 saturated carbocycles. The van der Waals surface area contributed by atoms with Gasteiger partial charge < -0.3 is 10.6 Å². The lowest BCUT2D eigenvalue weighted by molar-refractivity contribution is 0.0949. The molecule has 1 aromatic carbocycles. The molecule has 0 saturated heterocycles.